The van der Waals surface area contributed by atoms with Crippen molar-refractivity contribution in [3.63, 3.8) is 0 Å². The van der Waals surface area contributed by atoms with Crippen molar-refractivity contribution in [3.05, 3.63) is 24.0 Å². The van der Waals surface area contributed by atoms with Crippen molar-refractivity contribution in [2.45, 2.75) is 38.3 Å². The van der Waals surface area contributed by atoms with E-state index < -0.39 is 8.07 Å². The van der Waals surface area contributed by atoms with Gasteiger partial charge in [-0.15, -0.1) is 11.6 Å². The Morgan fingerprint density at radius 2 is 2.05 bits per heavy atom. The highest BCUT2D eigenvalue weighted by molar-refractivity contribution is 6.76. The van der Waals surface area contributed by atoms with Crippen LogP contribution in [0, 0.1) is 0 Å². The van der Waals surface area contributed by atoms with Gasteiger partial charge in [-0.3, -0.25) is 0 Å². The third-order valence-electron chi connectivity index (χ3n) is 3.38. The summed E-state index contributed by atoms with van der Waals surface area (Å²) in [6.07, 6.45) is 0. The van der Waals surface area contributed by atoms with E-state index in [4.69, 9.17) is 21.1 Å². The van der Waals surface area contributed by atoms with Crippen LogP contribution in [0.5, 0.6) is 5.75 Å². The lowest BCUT2D eigenvalue weighted by Gasteiger charge is -2.16. The first-order chi connectivity index (χ1) is 9.96. The Morgan fingerprint density at radius 3 is 2.67 bits per heavy atom. The third kappa shape index (κ3) is 3.99. The van der Waals surface area contributed by atoms with Crippen molar-refractivity contribution in [1.29, 1.82) is 0 Å². The van der Waals surface area contributed by atoms with Crippen molar-refractivity contribution in [2.24, 2.45) is 0 Å². The molecule has 0 N–H and O–H groups in total. The Morgan fingerprint density at radius 1 is 1.29 bits per heavy atom. The van der Waals surface area contributed by atoms with Gasteiger partial charge in [0.1, 0.15) is 23.8 Å². The molecule has 0 saturated heterocycles. The van der Waals surface area contributed by atoms with E-state index in [1.165, 1.54) is 0 Å². The first-order valence-electron chi connectivity index (χ1n) is 7.12. The number of benzene rings is 1. The number of imidazole rings is 1. The van der Waals surface area contributed by atoms with Gasteiger partial charge in [-0.1, -0.05) is 25.7 Å². The average Bonchev–Trinajstić information content (AvgIpc) is 2.80. The molecule has 0 unspecified atom stereocenters. The normalized spacial score (nSPS) is 12.0. The Kier molecular flexibility index (Phi) is 5.30. The lowest BCUT2D eigenvalue weighted by atomic mass is 10.3. The van der Waals surface area contributed by atoms with Gasteiger partial charge < -0.3 is 14.0 Å². The molecule has 1 aromatic heterocycles. The molecular weight excluding hydrogens is 304 g/mol. The molecule has 0 radical (unpaired) electrons. The summed E-state index contributed by atoms with van der Waals surface area (Å²) >= 11 is 6.01. The number of aromatic nitrogens is 2. The zero-order chi connectivity index (χ0) is 15.5. The number of nitrogens with zero attached hydrogens (tertiary/aromatic N) is 2. The molecule has 0 fully saturated rings. The average molecular weight is 327 g/mol. The van der Waals surface area contributed by atoms with Gasteiger partial charge in [0.15, 0.2) is 0 Å². The molecule has 2 aromatic rings. The quantitative estimate of drug-likeness (QED) is 0.436. The molecule has 0 aliphatic heterocycles. The molecule has 1 aromatic carbocycles. The highest BCUT2D eigenvalue weighted by Crippen LogP contribution is 2.26. The lowest BCUT2D eigenvalue weighted by Crippen LogP contribution is -2.22. The molecule has 1 heterocycles. The van der Waals surface area contributed by atoms with Crippen LogP contribution in [-0.4, -0.2) is 31.3 Å². The van der Waals surface area contributed by atoms with E-state index in [0.717, 1.165) is 35.3 Å². The largest absolute Gasteiger partial charge is 0.494 e. The van der Waals surface area contributed by atoms with Gasteiger partial charge in [-0.2, -0.15) is 0 Å². The molecule has 0 saturated carbocycles. The molecule has 0 amide bonds. The van der Waals surface area contributed by atoms with Gasteiger partial charge in [-0.25, -0.2) is 4.98 Å². The molecule has 0 aliphatic carbocycles. The molecule has 4 nitrogen and oxygen atoms in total. The highest BCUT2D eigenvalue weighted by Gasteiger charge is 2.15. The fraction of sp³-hybridized carbons (Fsp3) is 0.533. The number of halogens is 1. The Bertz CT molecular complexity index is 607. The number of rotatable bonds is 7. The predicted molar refractivity (Wildman–Crippen MR) is 89.9 cm³/mol. The number of methoxy groups -OCH3 is 1. The Balaban J connectivity index is 2.18. The standard InChI is InChI=1S/C15H23ClN2O2Si/c1-19-13-7-5-6-12-15(13)17-14(10-16)18(12)11-20-8-9-21(2,3)4/h5-7H,8-11H2,1-4H3. The Labute approximate surface area is 132 Å². The van der Waals surface area contributed by atoms with Crippen LogP contribution in [-0.2, 0) is 17.3 Å². The fourth-order valence-electron chi connectivity index (χ4n) is 2.11. The van der Waals surface area contributed by atoms with Crippen molar-refractivity contribution in [2.75, 3.05) is 13.7 Å². The van der Waals surface area contributed by atoms with Crippen molar-refractivity contribution in [1.82, 2.24) is 9.55 Å². The smallest absolute Gasteiger partial charge is 0.146 e. The van der Waals surface area contributed by atoms with Crippen LogP contribution < -0.4 is 4.74 Å². The minimum Gasteiger partial charge on any atom is -0.494 e. The second kappa shape index (κ2) is 6.81. The second-order valence-electron chi connectivity index (χ2n) is 6.27. The van der Waals surface area contributed by atoms with Crippen molar-refractivity contribution in [3.8, 4) is 5.75 Å². The van der Waals surface area contributed by atoms with E-state index in [9.17, 15) is 0 Å². The minimum absolute atomic E-state index is 0.356. The van der Waals surface area contributed by atoms with Crippen LogP contribution in [0.2, 0.25) is 25.7 Å². The summed E-state index contributed by atoms with van der Waals surface area (Å²) < 4.78 is 13.2. The molecule has 0 bridgehead atoms. The maximum atomic E-state index is 6.01. The minimum atomic E-state index is -1.07. The first-order valence-corrected chi connectivity index (χ1v) is 11.4. The van der Waals surface area contributed by atoms with Gasteiger partial charge >= 0.3 is 0 Å². The van der Waals surface area contributed by atoms with E-state index in [1.54, 1.807) is 7.11 Å². The van der Waals surface area contributed by atoms with Crippen LogP contribution in [0.25, 0.3) is 11.0 Å². The zero-order valence-corrected chi connectivity index (χ0v) is 14.9. The number of hydrogen-bond donors (Lipinski definition) is 0. The van der Waals surface area contributed by atoms with Crippen LogP contribution >= 0.6 is 11.6 Å². The van der Waals surface area contributed by atoms with Crippen LogP contribution in [0.15, 0.2) is 18.2 Å². The summed E-state index contributed by atoms with van der Waals surface area (Å²) in [6, 6.07) is 7.03. The summed E-state index contributed by atoms with van der Waals surface area (Å²) in [4.78, 5) is 4.56. The number of fused-ring (bicyclic) bond motifs is 1. The molecule has 2 rings (SSSR count). The fourth-order valence-corrected chi connectivity index (χ4v) is 3.08. The summed E-state index contributed by atoms with van der Waals surface area (Å²) in [5.41, 5.74) is 1.84. The maximum Gasteiger partial charge on any atom is 0.146 e. The number of para-hydroxylation sites is 1. The molecule has 6 heteroatoms. The van der Waals surface area contributed by atoms with E-state index in [-0.39, 0.29) is 0 Å². The molecule has 0 atom stereocenters. The van der Waals surface area contributed by atoms with E-state index in [0.29, 0.717) is 12.6 Å². The summed E-state index contributed by atoms with van der Waals surface area (Å²) in [5, 5.41) is 0. The van der Waals surface area contributed by atoms with E-state index >= 15 is 0 Å². The monoisotopic (exact) mass is 326 g/mol. The predicted octanol–water partition coefficient (Wildman–Crippen LogP) is 4.10. The number of hydrogen-bond acceptors (Lipinski definition) is 3. The SMILES string of the molecule is COc1cccc2c1nc(CCl)n2COCC[Si](C)(C)C. The van der Waals surface area contributed by atoms with Gasteiger partial charge in [0.05, 0.1) is 18.5 Å². The molecule has 0 spiro atoms. The summed E-state index contributed by atoms with van der Waals surface area (Å²) in [7, 11) is 0.586. The van der Waals surface area contributed by atoms with Gasteiger partial charge in [-0.05, 0) is 18.2 Å². The van der Waals surface area contributed by atoms with Gasteiger partial charge in [0.25, 0.3) is 0 Å². The van der Waals surface area contributed by atoms with Crippen molar-refractivity contribution >= 4 is 30.7 Å². The maximum absolute atomic E-state index is 6.01. The number of alkyl halides is 1. The molecule has 21 heavy (non-hydrogen) atoms. The van der Waals surface area contributed by atoms with Crippen LogP contribution in [0.1, 0.15) is 5.82 Å². The van der Waals surface area contributed by atoms with Crippen LogP contribution in [0.3, 0.4) is 0 Å². The molecule has 116 valence electrons. The van der Waals surface area contributed by atoms with Crippen molar-refractivity contribution < 1.29 is 9.47 Å². The first kappa shape index (κ1) is 16.3. The molecule has 0 aliphatic rings. The van der Waals surface area contributed by atoms with Gasteiger partial charge in [0, 0.05) is 14.7 Å². The second-order valence-corrected chi connectivity index (χ2v) is 12.2. The summed E-state index contributed by atoms with van der Waals surface area (Å²) in [6.45, 7) is 8.30. The third-order valence-corrected chi connectivity index (χ3v) is 5.32. The summed E-state index contributed by atoms with van der Waals surface area (Å²) in [5.74, 6) is 1.93. The Hall–Kier alpha value is -1.04. The van der Waals surface area contributed by atoms with E-state index in [2.05, 4.69) is 24.6 Å². The van der Waals surface area contributed by atoms with Crippen LogP contribution in [0.4, 0.5) is 0 Å². The molecular formula is C15H23ClN2O2Si. The zero-order valence-electron chi connectivity index (χ0n) is 13.1. The number of ether oxygens (including phenoxy) is 2. The van der Waals surface area contributed by atoms with E-state index in [1.807, 2.05) is 22.8 Å². The van der Waals surface area contributed by atoms with Gasteiger partial charge in [0.2, 0.25) is 0 Å². The lowest BCUT2D eigenvalue weighted by molar-refractivity contribution is 0.0883. The topological polar surface area (TPSA) is 36.3 Å². The highest BCUT2D eigenvalue weighted by atomic mass is 35.5.